The van der Waals surface area contributed by atoms with Crippen LogP contribution >= 0.6 is 15.9 Å². The lowest BCUT2D eigenvalue weighted by Crippen LogP contribution is -2.17. The van der Waals surface area contributed by atoms with Crippen LogP contribution in [0.5, 0.6) is 11.5 Å². The Balaban J connectivity index is 1.58. The predicted molar refractivity (Wildman–Crippen MR) is 83.7 cm³/mol. The number of hydrogen-bond acceptors (Lipinski definition) is 4. The third-order valence-corrected chi connectivity index (χ3v) is 3.91. The third kappa shape index (κ3) is 3.77. The number of nitrogens with zero attached hydrogens (tertiary/aromatic N) is 1. The first kappa shape index (κ1) is 14.4. The van der Waals surface area contributed by atoms with Gasteiger partial charge >= 0.3 is 0 Å². The van der Waals surface area contributed by atoms with Gasteiger partial charge in [-0.1, -0.05) is 0 Å². The largest absolute Gasteiger partial charge is 0.490 e. The molecule has 2 heterocycles. The average molecular weight is 352 g/mol. The van der Waals surface area contributed by atoms with Crippen LogP contribution in [0.1, 0.15) is 17.7 Å². The summed E-state index contributed by atoms with van der Waals surface area (Å²) in [5.74, 6) is 1.64. The molecule has 0 aliphatic carbocycles. The topological polar surface area (TPSA) is 59.2 Å². The average Bonchev–Trinajstić information content (AvgIpc) is 2.87. The Bertz CT molecular complexity index is 587. The van der Waals surface area contributed by atoms with Gasteiger partial charge in [0.2, 0.25) is 0 Å². The SMILES string of the molecule is Brc1cc(CNCCc2cnc[nH]2)cc2c1OCCCO2. The molecular formula is C15H18BrN3O2. The zero-order chi connectivity index (χ0) is 14.5. The van der Waals surface area contributed by atoms with Crippen LogP contribution in [0.25, 0.3) is 0 Å². The van der Waals surface area contributed by atoms with Crippen molar-refractivity contribution < 1.29 is 9.47 Å². The van der Waals surface area contributed by atoms with E-state index in [-0.39, 0.29) is 0 Å². The van der Waals surface area contributed by atoms with Gasteiger partial charge in [0.1, 0.15) is 0 Å². The zero-order valence-electron chi connectivity index (χ0n) is 11.7. The zero-order valence-corrected chi connectivity index (χ0v) is 13.3. The summed E-state index contributed by atoms with van der Waals surface area (Å²) in [6.07, 6.45) is 5.41. The molecular weight excluding hydrogens is 334 g/mol. The van der Waals surface area contributed by atoms with E-state index in [1.165, 1.54) is 5.56 Å². The Labute approximate surface area is 132 Å². The molecule has 0 fully saturated rings. The molecule has 1 aromatic carbocycles. The molecule has 21 heavy (non-hydrogen) atoms. The molecule has 3 rings (SSSR count). The van der Waals surface area contributed by atoms with Crippen LogP contribution in [0.2, 0.25) is 0 Å². The number of rotatable bonds is 5. The van der Waals surface area contributed by atoms with Crippen molar-refractivity contribution in [1.29, 1.82) is 0 Å². The van der Waals surface area contributed by atoms with E-state index in [1.54, 1.807) is 6.33 Å². The van der Waals surface area contributed by atoms with Crippen LogP contribution in [-0.2, 0) is 13.0 Å². The molecule has 0 bridgehead atoms. The number of fused-ring (bicyclic) bond motifs is 1. The monoisotopic (exact) mass is 351 g/mol. The van der Waals surface area contributed by atoms with E-state index < -0.39 is 0 Å². The van der Waals surface area contributed by atoms with Crippen molar-refractivity contribution in [3.63, 3.8) is 0 Å². The number of aromatic amines is 1. The van der Waals surface area contributed by atoms with E-state index in [4.69, 9.17) is 9.47 Å². The molecule has 6 heteroatoms. The molecule has 1 aliphatic heterocycles. The molecule has 1 aliphatic rings. The van der Waals surface area contributed by atoms with Crippen LogP contribution in [0.15, 0.2) is 29.1 Å². The van der Waals surface area contributed by atoms with Crippen molar-refractivity contribution in [3.05, 3.63) is 40.4 Å². The maximum absolute atomic E-state index is 5.74. The van der Waals surface area contributed by atoms with E-state index in [9.17, 15) is 0 Å². The molecule has 5 nitrogen and oxygen atoms in total. The number of ether oxygens (including phenoxy) is 2. The Morgan fingerprint density at radius 3 is 3.05 bits per heavy atom. The van der Waals surface area contributed by atoms with Gasteiger partial charge in [-0.3, -0.25) is 0 Å². The van der Waals surface area contributed by atoms with E-state index >= 15 is 0 Å². The van der Waals surface area contributed by atoms with E-state index in [1.807, 2.05) is 6.20 Å². The second-order valence-electron chi connectivity index (χ2n) is 4.96. The molecule has 0 saturated heterocycles. The van der Waals surface area contributed by atoms with E-state index in [2.05, 4.69) is 43.3 Å². The lowest BCUT2D eigenvalue weighted by atomic mass is 10.2. The van der Waals surface area contributed by atoms with Crippen LogP contribution in [-0.4, -0.2) is 29.7 Å². The summed E-state index contributed by atoms with van der Waals surface area (Å²) in [7, 11) is 0. The van der Waals surface area contributed by atoms with Gasteiger partial charge in [-0.25, -0.2) is 4.98 Å². The summed E-state index contributed by atoms with van der Waals surface area (Å²) in [5.41, 5.74) is 2.32. The summed E-state index contributed by atoms with van der Waals surface area (Å²) in [5, 5.41) is 3.42. The summed E-state index contributed by atoms with van der Waals surface area (Å²) < 4.78 is 12.4. The highest BCUT2D eigenvalue weighted by Gasteiger charge is 2.15. The Kier molecular flexibility index (Phi) is 4.77. The lowest BCUT2D eigenvalue weighted by Gasteiger charge is -2.12. The Morgan fingerprint density at radius 1 is 1.29 bits per heavy atom. The summed E-state index contributed by atoms with van der Waals surface area (Å²) in [6, 6.07) is 4.13. The highest BCUT2D eigenvalue weighted by atomic mass is 79.9. The van der Waals surface area contributed by atoms with Crippen molar-refractivity contribution >= 4 is 15.9 Å². The molecule has 0 unspecified atom stereocenters. The second kappa shape index (κ2) is 6.95. The first-order valence-electron chi connectivity index (χ1n) is 7.09. The number of benzene rings is 1. The Morgan fingerprint density at radius 2 is 2.19 bits per heavy atom. The highest BCUT2D eigenvalue weighted by molar-refractivity contribution is 9.10. The van der Waals surface area contributed by atoms with Crippen LogP contribution in [0.3, 0.4) is 0 Å². The van der Waals surface area contributed by atoms with E-state index in [0.717, 1.165) is 47.6 Å². The van der Waals surface area contributed by atoms with Gasteiger partial charge in [0.15, 0.2) is 11.5 Å². The number of aromatic nitrogens is 2. The van der Waals surface area contributed by atoms with Crippen molar-refractivity contribution in [1.82, 2.24) is 15.3 Å². The normalized spacial score (nSPS) is 14.0. The van der Waals surface area contributed by atoms with Crippen LogP contribution in [0.4, 0.5) is 0 Å². The van der Waals surface area contributed by atoms with Crippen molar-refractivity contribution in [2.24, 2.45) is 0 Å². The van der Waals surface area contributed by atoms with Gasteiger partial charge in [0.25, 0.3) is 0 Å². The molecule has 0 radical (unpaired) electrons. The van der Waals surface area contributed by atoms with Crippen molar-refractivity contribution in [3.8, 4) is 11.5 Å². The predicted octanol–water partition coefficient (Wildman–Crippen LogP) is 2.67. The van der Waals surface area contributed by atoms with E-state index in [0.29, 0.717) is 13.2 Å². The van der Waals surface area contributed by atoms with Gasteiger partial charge < -0.3 is 19.8 Å². The number of H-pyrrole nitrogens is 1. The molecule has 112 valence electrons. The minimum atomic E-state index is 0.702. The number of imidazole rings is 1. The van der Waals surface area contributed by atoms with Crippen LogP contribution in [0, 0.1) is 0 Å². The minimum Gasteiger partial charge on any atom is -0.490 e. The maximum Gasteiger partial charge on any atom is 0.175 e. The van der Waals surface area contributed by atoms with Gasteiger partial charge in [-0.2, -0.15) is 0 Å². The van der Waals surface area contributed by atoms with Gasteiger partial charge in [-0.05, 0) is 33.6 Å². The lowest BCUT2D eigenvalue weighted by molar-refractivity contribution is 0.296. The summed E-state index contributed by atoms with van der Waals surface area (Å²) in [6.45, 7) is 3.10. The molecule has 1 aromatic heterocycles. The Hall–Kier alpha value is -1.53. The fourth-order valence-corrected chi connectivity index (χ4v) is 2.87. The third-order valence-electron chi connectivity index (χ3n) is 3.32. The second-order valence-corrected chi connectivity index (χ2v) is 5.81. The van der Waals surface area contributed by atoms with Crippen LogP contribution < -0.4 is 14.8 Å². The first-order valence-corrected chi connectivity index (χ1v) is 7.88. The molecule has 2 aromatic rings. The molecule has 0 spiro atoms. The number of hydrogen-bond donors (Lipinski definition) is 2. The number of halogens is 1. The molecule has 0 atom stereocenters. The minimum absolute atomic E-state index is 0.702. The quantitative estimate of drug-likeness (QED) is 0.813. The fourth-order valence-electron chi connectivity index (χ4n) is 2.26. The maximum atomic E-state index is 5.74. The molecule has 0 saturated carbocycles. The van der Waals surface area contributed by atoms with Gasteiger partial charge in [-0.15, -0.1) is 0 Å². The smallest absolute Gasteiger partial charge is 0.175 e. The fraction of sp³-hybridized carbons (Fsp3) is 0.400. The summed E-state index contributed by atoms with van der Waals surface area (Å²) >= 11 is 3.56. The van der Waals surface area contributed by atoms with Crippen molar-refractivity contribution in [2.45, 2.75) is 19.4 Å². The molecule has 2 N–H and O–H groups in total. The number of nitrogens with one attached hydrogen (secondary N) is 2. The highest BCUT2D eigenvalue weighted by Crippen LogP contribution is 2.38. The van der Waals surface area contributed by atoms with Gasteiger partial charge in [0, 0.05) is 37.8 Å². The van der Waals surface area contributed by atoms with Crippen molar-refractivity contribution in [2.75, 3.05) is 19.8 Å². The molecule has 0 amide bonds. The standard InChI is InChI=1S/C15H18BrN3O2/c16-13-6-11(7-14-15(13)21-5-1-4-20-14)8-17-3-2-12-9-18-10-19-12/h6-7,9-10,17H,1-5,8H2,(H,18,19). The summed E-state index contributed by atoms with van der Waals surface area (Å²) in [4.78, 5) is 7.11. The van der Waals surface area contributed by atoms with Gasteiger partial charge in [0.05, 0.1) is 24.0 Å². The first-order chi connectivity index (χ1) is 10.3.